The molecule has 3 aromatic rings. The normalized spacial score (nSPS) is 12.0. The first-order valence-corrected chi connectivity index (χ1v) is 10.3. The highest BCUT2D eigenvalue weighted by molar-refractivity contribution is 5.90. The third kappa shape index (κ3) is 5.57. The number of methoxy groups -OCH3 is 1. The first kappa shape index (κ1) is 22.2. The lowest BCUT2D eigenvalue weighted by Crippen LogP contribution is -2.43. The zero-order valence-corrected chi connectivity index (χ0v) is 18.0. The van der Waals surface area contributed by atoms with Crippen LogP contribution in [0, 0.1) is 5.92 Å². The number of fused-ring (bicyclic) bond motifs is 1. The second kappa shape index (κ2) is 10.0. The van der Waals surface area contributed by atoms with Crippen molar-refractivity contribution in [2.75, 3.05) is 7.11 Å². The molecule has 1 amide bonds. The van der Waals surface area contributed by atoms with Gasteiger partial charge in [0.2, 0.25) is 5.91 Å². The summed E-state index contributed by atoms with van der Waals surface area (Å²) < 4.78 is 6.20. The number of carbonyl (C=O) groups excluding carboxylic acids is 2. The van der Waals surface area contributed by atoms with E-state index in [1.165, 1.54) is 11.8 Å². The molecule has 0 aliphatic rings. The van der Waals surface area contributed by atoms with Gasteiger partial charge in [-0.15, -0.1) is 0 Å². The lowest BCUT2D eigenvalue weighted by Gasteiger charge is -2.18. The maximum absolute atomic E-state index is 12.9. The van der Waals surface area contributed by atoms with Crippen LogP contribution in [0.5, 0.6) is 0 Å². The van der Waals surface area contributed by atoms with Crippen molar-refractivity contribution in [1.82, 2.24) is 15.1 Å². The molecule has 1 atom stereocenters. The molecule has 0 saturated heterocycles. The molecule has 1 N–H and O–H groups in total. The van der Waals surface area contributed by atoms with Crippen molar-refractivity contribution in [3.63, 3.8) is 0 Å². The molecule has 2 aromatic carbocycles. The summed E-state index contributed by atoms with van der Waals surface area (Å²) >= 11 is 0. The van der Waals surface area contributed by atoms with Crippen LogP contribution in [0.3, 0.4) is 0 Å². The molecule has 0 saturated carbocycles. The summed E-state index contributed by atoms with van der Waals surface area (Å²) in [4.78, 5) is 37.8. The Balaban J connectivity index is 1.91. The van der Waals surface area contributed by atoms with Crippen LogP contribution in [0.2, 0.25) is 0 Å². The topological polar surface area (TPSA) is 90.3 Å². The number of rotatable bonds is 8. The van der Waals surface area contributed by atoms with Crippen molar-refractivity contribution in [3.05, 3.63) is 76.2 Å². The number of hydrogen-bond acceptors (Lipinski definition) is 5. The third-order valence-electron chi connectivity index (χ3n) is 4.98. The van der Waals surface area contributed by atoms with E-state index in [0.29, 0.717) is 29.4 Å². The molecule has 1 aromatic heterocycles. The van der Waals surface area contributed by atoms with Gasteiger partial charge in [0, 0.05) is 5.39 Å². The largest absolute Gasteiger partial charge is 0.467 e. The number of benzene rings is 2. The summed E-state index contributed by atoms with van der Waals surface area (Å²) in [6.45, 7) is 4.24. The van der Waals surface area contributed by atoms with E-state index in [1.54, 1.807) is 18.2 Å². The molecule has 0 fully saturated rings. The maximum Gasteiger partial charge on any atom is 0.328 e. The van der Waals surface area contributed by atoms with Crippen molar-refractivity contribution in [3.8, 4) is 0 Å². The fourth-order valence-electron chi connectivity index (χ4n) is 3.52. The van der Waals surface area contributed by atoms with Gasteiger partial charge >= 0.3 is 5.97 Å². The van der Waals surface area contributed by atoms with Gasteiger partial charge in [-0.2, -0.15) is 5.10 Å². The van der Waals surface area contributed by atoms with Gasteiger partial charge in [-0.05, 0) is 24.0 Å². The smallest absolute Gasteiger partial charge is 0.328 e. The molecule has 0 aliphatic carbocycles. The second-order valence-electron chi connectivity index (χ2n) is 7.89. The molecular weight excluding hydrogens is 394 g/mol. The van der Waals surface area contributed by atoms with E-state index in [-0.39, 0.29) is 23.8 Å². The maximum atomic E-state index is 12.9. The lowest BCUT2D eigenvalue weighted by atomic mass is 10.0. The quantitative estimate of drug-likeness (QED) is 0.565. The Morgan fingerprint density at radius 3 is 2.32 bits per heavy atom. The van der Waals surface area contributed by atoms with Crippen molar-refractivity contribution in [2.45, 2.75) is 39.3 Å². The predicted molar refractivity (Wildman–Crippen MR) is 119 cm³/mol. The zero-order valence-electron chi connectivity index (χ0n) is 18.0. The number of ether oxygens (including phenoxy) is 1. The lowest BCUT2D eigenvalue weighted by molar-refractivity contribution is -0.145. The molecule has 1 heterocycles. The molecule has 31 heavy (non-hydrogen) atoms. The van der Waals surface area contributed by atoms with Crippen molar-refractivity contribution in [2.24, 2.45) is 5.92 Å². The average molecular weight is 421 g/mol. The molecule has 0 spiro atoms. The van der Waals surface area contributed by atoms with Crippen LogP contribution in [0.25, 0.3) is 10.8 Å². The number of amides is 1. The third-order valence-corrected chi connectivity index (χ3v) is 4.98. The van der Waals surface area contributed by atoms with Crippen LogP contribution in [-0.2, 0) is 27.3 Å². The molecule has 162 valence electrons. The first-order valence-electron chi connectivity index (χ1n) is 10.3. The molecule has 7 nitrogen and oxygen atoms in total. The van der Waals surface area contributed by atoms with Gasteiger partial charge in [0.15, 0.2) is 0 Å². The Morgan fingerprint density at radius 1 is 1.03 bits per heavy atom. The highest BCUT2D eigenvalue weighted by Crippen LogP contribution is 2.15. The average Bonchev–Trinajstić information content (AvgIpc) is 2.76. The molecule has 7 heteroatoms. The highest BCUT2D eigenvalue weighted by Gasteiger charge is 2.23. The minimum absolute atomic E-state index is 0.0544. The minimum Gasteiger partial charge on any atom is -0.467 e. The number of aromatic nitrogens is 2. The molecule has 0 bridgehead atoms. The molecule has 0 radical (unpaired) electrons. The van der Waals surface area contributed by atoms with Gasteiger partial charge in [0.1, 0.15) is 6.04 Å². The van der Waals surface area contributed by atoms with Crippen LogP contribution < -0.4 is 10.9 Å². The van der Waals surface area contributed by atoms with E-state index in [2.05, 4.69) is 10.4 Å². The number of carbonyl (C=O) groups is 2. The minimum atomic E-state index is -0.723. The van der Waals surface area contributed by atoms with Crippen LogP contribution in [0.1, 0.15) is 31.5 Å². The Labute approximate surface area is 181 Å². The van der Waals surface area contributed by atoms with Crippen LogP contribution >= 0.6 is 0 Å². The van der Waals surface area contributed by atoms with Crippen molar-refractivity contribution in [1.29, 1.82) is 0 Å². The number of nitrogens with zero attached hydrogens (tertiary/aromatic N) is 2. The first-order chi connectivity index (χ1) is 14.9. The molecule has 1 unspecified atom stereocenters. The van der Waals surface area contributed by atoms with Crippen LogP contribution in [0.15, 0.2) is 59.4 Å². The summed E-state index contributed by atoms with van der Waals surface area (Å²) in [6, 6.07) is 15.9. The molecule has 0 aliphatic heterocycles. The second-order valence-corrected chi connectivity index (χ2v) is 7.89. The Kier molecular flexibility index (Phi) is 7.18. The van der Waals surface area contributed by atoms with E-state index in [1.807, 2.05) is 50.2 Å². The summed E-state index contributed by atoms with van der Waals surface area (Å²) in [6.07, 6.45) is 0.418. The van der Waals surface area contributed by atoms with Gasteiger partial charge in [0.05, 0.1) is 31.2 Å². The summed E-state index contributed by atoms with van der Waals surface area (Å²) in [5.74, 6) is -0.622. The van der Waals surface area contributed by atoms with E-state index in [0.717, 1.165) is 5.56 Å². The molecule has 3 rings (SSSR count). The summed E-state index contributed by atoms with van der Waals surface area (Å²) in [5, 5.41) is 8.38. The van der Waals surface area contributed by atoms with E-state index in [4.69, 9.17) is 4.74 Å². The SMILES string of the molecule is COC(=O)C(CC(C)C)NC(=O)Cc1nn(Cc2ccccc2)c(=O)c2ccccc12. The zero-order chi connectivity index (χ0) is 22.4. The van der Waals surface area contributed by atoms with Crippen molar-refractivity contribution >= 4 is 22.6 Å². The van der Waals surface area contributed by atoms with Crippen molar-refractivity contribution < 1.29 is 14.3 Å². The number of hydrogen-bond donors (Lipinski definition) is 1. The standard InChI is InChI=1S/C24H27N3O4/c1-16(2)13-21(24(30)31-3)25-22(28)14-20-18-11-7-8-12-19(18)23(29)27(26-20)15-17-9-5-4-6-10-17/h4-12,16,21H,13-15H2,1-3H3,(H,25,28). The monoisotopic (exact) mass is 421 g/mol. The summed E-state index contributed by atoms with van der Waals surface area (Å²) in [5.41, 5.74) is 1.21. The van der Waals surface area contributed by atoms with Gasteiger partial charge in [0.25, 0.3) is 5.56 Å². The number of esters is 1. The van der Waals surface area contributed by atoms with Gasteiger partial charge in [-0.3, -0.25) is 9.59 Å². The van der Waals surface area contributed by atoms with Gasteiger partial charge in [-0.1, -0.05) is 62.4 Å². The Bertz CT molecular complexity index is 1120. The van der Waals surface area contributed by atoms with Crippen LogP contribution in [-0.4, -0.2) is 34.8 Å². The fraction of sp³-hybridized carbons (Fsp3) is 0.333. The Hall–Kier alpha value is -3.48. The van der Waals surface area contributed by atoms with E-state index < -0.39 is 12.0 Å². The van der Waals surface area contributed by atoms with Crippen LogP contribution in [0.4, 0.5) is 0 Å². The summed E-state index contributed by atoms with van der Waals surface area (Å²) in [7, 11) is 1.30. The predicted octanol–water partition coefficient (Wildman–Crippen LogP) is 2.69. The number of nitrogens with one attached hydrogen (secondary N) is 1. The Morgan fingerprint density at radius 2 is 1.68 bits per heavy atom. The molecular formula is C24H27N3O4. The van der Waals surface area contributed by atoms with Gasteiger partial charge in [-0.25, -0.2) is 9.48 Å². The van der Waals surface area contributed by atoms with E-state index >= 15 is 0 Å². The highest BCUT2D eigenvalue weighted by atomic mass is 16.5. The van der Waals surface area contributed by atoms with Gasteiger partial charge < -0.3 is 10.1 Å². The van der Waals surface area contributed by atoms with E-state index in [9.17, 15) is 14.4 Å². The fourth-order valence-corrected chi connectivity index (χ4v) is 3.52.